The molecule has 0 unspecified atom stereocenters. The maximum absolute atomic E-state index is 13.1. The largest absolute Gasteiger partial charge is 0.489 e. The number of carbonyl (C=O) groups is 1. The maximum atomic E-state index is 13.1. The van der Waals surface area contributed by atoms with Gasteiger partial charge in [0.2, 0.25) is 5.91 Å². The van der Waals surface area contributed by atoms with Gasteiger partial charge in [0.15, 0.2) is 0 Å². The molecule has 0 aromatic heterocycles. The molecule has 2 atom stereocenters. The van der Waals surface area contributed by atoms with E-state index in [1.54, 1.807) is 7.11 Å². The van der Waals surface area contributed by atoms with E-state index in [-0.39, 0.29) is 18.0 Å². The first kappa shape index (κ1) is 27.6. The number of methoxy groups -OCH3 is 1. The van der Waals surface area contributed by atoms with Crippen LogP contribution in [0.3, 0.4) is 0 Å². The lowest BCUT2D eigenvalue weighted by Crippen LogP contribution is -2.51. The van der Waals surface area contributed by atoms with Crippen LogP contribution in [-0.2, 0) is 22.7 Å². The first-order chi connectivity index (χ1) is 18.2. The van der Waals surface area contributed by atoms with Crippen LogP contribution in [-0.4, -0.2) is 80.3 Å². The Balaban J connectivity index is 1.32. The summed E-state index contributed by atoms with van der Waals surface area (Å²) in [7, 11) is 1.67. The third-order valence-corrected chi connectivity index (χ3v) is 7.55. The van der Waals surface area contributed by atoms with Crippen molar-refractivity contribution in [1.29, 1.82) is 0 Å². The van der Waals surface area contributed by atoms with Crippen LogP contribution < -0.4 is 15.4 Å². The molecule has 2 aliphatic heterocycles. The van der Waals surface area contributed by atoms with Gasteiger partial charge in [0, 0.05) is 38.8 Å². The Kier molecular flexibility index (Phi) is 10.8. The fraction of sp³-hybridized carbons (Fsp3) is 0.567. The molecule has 2 aliphatic rings. The summed E-state index contributed by atoms with van der Waals surface area (Å²) in [6, 6.07) is 19.2. The van der Waals surface area contributed by atoms with E-state index in [1.165, 1.54) is 18.5 Å². The topological polar surface area (TPSA) is 66.1 Å². The van der Waals surface area contributed by atoms with Crippen LogP contribution in [0.1, 0.15) is 43.7 Å². The predicted molar refractivity (Wildman–Crippen MR) is 148 cm³/mol. The number of nitrogens with one attached hydrogen (secondary N) is 2. The number of likely N-dealkylation sites (tertiary alicyclic amines) is 2. The summed E-state index contributed by atoms with van der Waals surface area (Å²) in [5, 5.41) is 6.83. The fourth-order valence-corrected chi connectivity index (χ4v) is 5.60. The van der Waals surface area contributed by atoms with Crippen molar-refractivity contribution in [2.24, 2.45) is 0 Å². The number of hydrogen-bond acceptors (Lipinski definition) is 6. The van der Waals surface area contributed by atoms with E-state index in [9.17, 15) is 4.79 Å². The Labute approximate surface area is 222 Å². The summed E-state index contributed by atoms with van der Waals surface area (Å²) in [4.78, 5) is 18.2. The smallest absolute Gasteiger partial charge is 0.237 e. The number of rotatable bonds is 13. The normalized spacial score (nSPS) is 21.2. The highest BCUT2D eigenvalue weighted by atomic mass is 16.5. The van der Waals surface area contributed by atoms with Crippen LogP contribution in [0.5, 0.6) is 5.75 Å². The highest BCUT2D eigenvalue weighted by Crippen LogP contribution is 2.27. The number of hydrogen-bond donors (Lipinski definition) is 2. The summed E-state index contributed by atoms with van der Waals surface area (Å²) in [5.41, 5.74) is 2.35. The van der Waals surface area contributed by atoms with Gasteiger partial charge in [-0.15, -0.1) is 0 Å². The minimum absolute atomic E-state index is 0.0855. The molecule has 2 saturated heterocycles. The lowest BCUT2D eigenvalue weighted by molar-refractivity contribution is -0.126. The molecule has 2 fully saturated rings. The van der Waals surface area contributed by atoms with E-state index in [2.05, 4.69) is 57.7 Å². The molecule has 37 heavy (non-hydrogen) atoms. The molecule has 7 nitrogen and oxygen atoms in total. The van der Waals surface area contributed by atoms with E-state index in [4.69, 9.17) is 9.47 Å². The van der Waals surface area contributed by atoms with E-state index >= 15 is 0 Å². The summed E-state index contributed by atoms with van der Waals surface area (Å²) < 4.78 is 11.2. The van der Waals surface area contributed by atoms with E-state index in [0.29, 0.717) is 25.8 Å². The third-order valence-electron chi connectivity index (χ3n) is 7.55. The molecule has 0 saturated carbocycles. The predicted octanol–water partition coefficient (Wildman–Crippen LogP) is 3.44. The Hall–Kier alpha value is -2.45. The van der Waals surface area contributed by atoms with Crippen LogP contribution in [0.2, 0.25) is 0 Å². The molecular weight excluding hydrogens is 464 g/mol. The molecule has 2 N–H and O–H groups in total. The molecule has 2 aromatic rings. The standard InChI is InChI=1S/C30H44N4O3/c1-3-15-33-16-12-27(13-17-33)34-22-26(20-29(34)30(35)31-14-18-36-2)32-21-25-10-7-11-28(19-25)37-23-24-8-5-4-6-9-24/h4-11,19,26-27,29,32H,3,12-18,20-23H2,1-2H3,(H,31,35)/t26-,29+/m1/s1. The minimum atomic E-state index is -0.0855. The van der Waals surface area contributed by atoms with Gasteiger partial charge in [-0.2, -0.15) is 0 Å². The second-order valence-electron chi connectivity index (χ2n) is 10.3. The summed E-state index contributed by atoms with van der Waals surface area (Å²) in [6.45, 7) is 8.99. The lowest BCUT2D eigenvalue weighted by atomic mass is 10.0. The van der Waals surface area contributed by atoms with Gasteiger partial charge in [-0.25, -0.2) is 0 Å². The first-order valence-electron chi connectivity index (χ1n) is 13.9. The molecule has 0 bridgehead atoms. The number of amides is 1. The molecule has 2 aromatic carbocycles. The SMILES string of the molecule is CCCN1CCC(N2C[C@H](NCc3cccc(OCc4ccccc4)c3)C[C@H]2C(=O)NCCOC)CC1. The van der Waals surface area contributed by atoms with Crippen molar-refractivity contribution in [1.82, 2.24) is 20.4 Å². The molecule has 1 amide bonds. The zero-order valence-corrected chi connectivity index (χ0v) is 22.5. The van der Waals surface area contributed by atoms with Crippen LogP contribution in [0.15, 0.2) is 54.6 Å². The second-order valence-corrected chi connectivity index (χ2v) is 10.3. The Morgan fingerprint density at radius 1 is 1.05 bits per heavy atom. The van der Waals surface area contributed by atoms with Crippen molar-refractivity contribution >= 4 is 5.91 Å². The van der Waals surface area contributed by atoms with Gasteiger partial charge in [0.1, 0.15) is 12.4 Å². The van der Waals surface area contributed by atoms with Crippen LogP contribution >= 0.6 is 0 Å². The number of nitrogens with zero attached hydrogens (tertiary/aromatic N) is 2. The molecule has 4 rings (SSSR count). The van der Waals surface area contributed by atoms with Crippen molar-refractivity contribution < 1.29 is 14.3 Å². The number of piperidine rings is 1. The number of ether oxygens (including phenoxy) is 2. The molecule has 0 radical (unpaired) electrons. The average Bonchev–Trinajstić information content (AvgIpc) is 3.37. The highest BCUT2D eigenvalue weighted by molar-refractivity contribution is 5.82. The fourth-order valence-electron chi connectivity index (χ4n) is 5.60. The number of benzene rings is 2. The zero-order chi connectivity index (χ0) is 25.9. The highest BCUT2D eigenvalue weighted by Gasteiger charge is 2.40. The Morgan fingerprint density at radius 2 is 1.84 bits per heavy atom. The van der Waals surface area contributed by atoms with E-state index in [0.717, 1.165) is 56.8 Å². The van der Waals surface area contributed by atoms with Gasteiger partial charge >= 0.3 is 0 Å². The third kappa shape index (κ3) is 8.27. The summed E-state index contributed by atoms with van der Waals surface area (Å²) >= 11 is 0. The maximum Gasteiger partial charge on any atom is 0.237 e. The zero-order valence-electron chi connectivity index (χ0n) is 22.5. The molecular formula is C30H44N4O3. The Bertz CT molecular complexity index is 949. The van der Waals surface area contributed by atoms with E-state index < -0.39 is 0 Å². The minimum Gasteiger partial charge on any atom is -0.489 e. The lowest BCUT2D eigenvalue weighted by Gasteiger charge is -2.39. The van der Waals surface area contributed by atoms with Crippen molar-refractivity contribution in [2.45, 2.75) is 63.9 Å². The monoisotopic (exact) mass is 508 g/mol. The van der Waals surface area contributed by atoms with Crippen LogP contribution in [0.25, 0.3) is 0 Å². The quantitative estimate of drug-likeness (QED) is 0.404. The second kappa shape index (κ2) is 14.5. The van der Waals surface area contributed by atoms with Crippen molar-refractivity contribution in [2.75, 3.05) is 46.4 Å². The summed E-state index contributed by atoms with van der Waals surface area (Å²) in [6.07, 6.45) is 4.30. The van der Waals surface area contributed by atoms with Crippen LogP contribution in [0, 0.1) is 0 Å². The van der Waals surface area contributed by atoms with Crippen molar-refractivity contribution in [3.05, 3.63) is 65.7 Å². The average molecular weight is 509 g/mol. The number of carbonyl (C=O) groups excluding carboxylic acids is 1. The Morgan fingerprint density at radius 3 is 2.59 bits per heavy atom. The van der Waals surface area contributed by atoms with Crippen molar-refractivity contribution in [3.8, 4) is 5.75 Å². The van der Waals surface area contributed by atoms with Gasteiger partial charge in [0.25, 0.3) is 0 Å². The van der Waals surface area contributed by atoms with Crippen LogP contribution in [0.4, 0.5) is 0 Å². The van der Waals surface area contributed by atoms with Gasteiger partial charge in [-0.3, -0.25) is 9.69 Å². The summed E-state index contributed by atoms with van der Waals surface area (Å²) in [5.74, 6) is 1.01. The van der Waals surface area contributed by atoms with E-state index in [1.807, 2.05) is 24.3 Å². The van der Waals surface area contributed by atoms with Crippen molar-refractivity contribution in [3.63, 3.8) is 0 Å². The van der Waals surface area contributed by atoms with Gasteiger partial charge in [-0.05, 0) is 68.6 Å². The molecule has 7 heteroatoms. The van der Waals surface area contributed by atoms with Gasteiger partial charge < -0.3 is 25.0 Å². The first-order valence-corrected chi connectivity index (χ1v) is 13.9. The molecule has 0 aliphatic carbocycles. The molecule has 0 spiro atoms. The van der Waals surface area contributed by atoms with Gasteiger partial charge in [-0.1, -0.05) is 49.4 Å². The molecule has 2 heterocycles. The van der Waals surface area contributed by atoms with Gasteiger partial charge in [0.05, 0.1) is 12.6 Å². The molecule has 202 valence electrons.